The van der Waals surface area contributed by atoms with Gasteiger partial charge in [-0.25, -0.2) is 0 Å². The summed E-state index contributed by atoms with van der Waals surface area (Å²) in [5.74, 6) is -0.417. The number of benzene rings is 1. The van der Waals surface area contributed by atoms with Crippen molar-refractivity contribution in [3.8, 4) is 0 Å². The van der Waals surface area contributed by atoms with E-state index in [1.165, 1.54) is 6.07 Å². The third-order valence-electron chi connectivity index (χ3n) is 3.71. The smallest absolute Gasteiger partial charge is 0.305 e. The first-order valence-electron chi connectivity index (χ1n) is 6.66. The second-order valence-electron chi connectivity index (χ2n) is 4.93. The third kappa shape index (κ3) is 3.26. The molecule has 1 rings (SSSR count). The minimum absolute atomic E-state index is 0.0787. The lowest BCUT2D eigenvalue weighted by atomic mass is 9.95. The third-order valence-corrected chi connectivity index (χ3v) is 3.71. The Bertz CT molecular complexity index is 510. The number of carbonyl (C=O) groups excluding carboxylic acids is 1. The number of carbonyl (C=O) groups is 1. The van der Waals surface area contributed by atoms with Crippen LogP contribution in [0, 0.1) is 10.1 Å². The van der Waals surface area contributed by atoms with Gasteiger partial charge in [-0.3, -0.25) is 14.9 Å². The molecule has 0 radical (unpaired) electrons. The van der Waals surface area contributed by atoms with Crippen LogP contribution < -0.4 is 10.6 Å². The quantitative estimate of drug-likeness (QED) is 0.619. The molecule has 0 aliphatic heterocycles. The molecular weight excluding hydrogens is 258 g/mol. The normalized spacial score (nSPS) is 11.0. The molecule has 1 aromatic rings. The zero-order valence-corrected chi connectivity index (χ0v) is 12.3. The van der Waals surface area contributed by atoms with Crippen molar-refractivity contribution in [2.45, 2.75) is 39.2 Å². The first-order chi connectivity index (χ1) is 9.38. The van der Waals surface area contributed by atoms with Crippen molar-refractivity contribution in [3.05, 3.63) is 33.9 Å². The van der Waals surface area contributed by atoms with Gasteiger partial charge in [-0.15, -0.1) is 0 Å². The number of hydrogen-bond acceptors (Lipinski definition) is 4. The van der Waals surface area contributed by atoms with Crippen LogP contribution in [0.2, 0.25) is 0 Å². The molecule has 0 fully saturated rings. The SMILES string of the molecule is CCC(C)(CC)NC(=O)c1cccc(NC)c1[N+](=O)[O-]. The maximum atomic E-state index is 12.3. The molecule has 0 unspecified atom stereocenters. The molecule has 0 saturated heterocycles. The number of nitro groups is 1. The summed E-state index contributed by atoms with van der Waals surface area (Å²) in [5.41, 5.74) is -0.143. The average molecular weight is 279 g/mol. The van der Waals surface area contributed by atoms with Crippen LogP contribution in [0.3, 0.4) is 0 Å². The summed E-state index contributed by atoms with van der Waals surface area (Å²) >= 11 is 0. The molecule has 2 N–H and O–H groups in total. The summed E-state index contributed by atoms with van der Waals surface area (Å²) in [4.78, 5) is 23.0. The van der Waals surface area contributed by atoms with Gasteiger partial charge in [0, 0.05) is 12.6 Å². The predicted octanol–water partition coefficient (Wildman–Crippen LogP) is 2.95. The van der Waals surface area contributed by atoms with Crippen molar-refractivity contribution in [1.82, 2.24) is 5.32 Å². The number of nitrogens with one attached hydrogen (secondary N) is 2. The molecule has 0 bridgehead atoms. The number of hydrogen-bond donors (Lipinski definition) is 2. The van der Waals surface area contributed by atoms with Gasteiger partial charge in [0.2, 0.25) is 0 Å². The fourth-order valence-corrected chi connectivity index (χ4v) is 1.89. The zero-order valence-electron chi connectivity index (χ0n) is 12.3. The highest BCUT2D eigenvalue weighted by Crippen LogP contribution is 2.29. The van der Waals surface area contributed by atoms with E-state index in [-0.39, 0.29) is 16.8 Å². The monoisotopic (exact) mass is 279 g/mol. The van der Waals surface area contributed by atoms with Gasteiger partial charge in [-0.05, 0) is 31.9 Å². The van der Waals surface area contributed by atoms with Crippen molar-refractivity contribution >= 4 is 17.3 Å². The molecule has 1 aromatic carbocycles. The fourth-order valence-electron chi connectivity index (χ4n) is 1.89. The van der Waals surface area contributed by atoms with Gasteiger partial charge in [0.25, 0.3) is 5.91 Å². The molecule has 0 spiro atoms. The largest absolute Gasteiger partial charge is 0.383 e. The second-order valence-corrected chi connectivity index (χ2v) is 4.93. The van der Waals surface area contributed by atoms with Gasteiger partial charge < -0.3 is 10.6 Å². The lowest BCUT2D eigenvalue weighted by Crippen LogP contribution is -2.45. The molecule has 6 heteroatoms. The Morgan fingerprint density at radius 1 is 1.35 bits per heavy atom. The highest BCUT2D eigenvalue weighted by molar-refractivity contribution is 6.00. The summed E-state index contributed by atoms with van der Waals surface area (Å²) in [6.07, 6.45) is 1.52. The number of rotatable bonds is 6. The van der Waals surface area contributed by atoms with Crippen LogP contribution in [-0.4, -0.2) is 23.4 Å². The molecule has 0 saturated carbocycles. The highest BCUT2D eigenvalue weighted by atomic mass is 16.6. The van der Waals surface area contributed by atoms with Crippen LogP contribution in [0.25, 0.3) is 0 Å². The van der Waals surface area contributed by atoms with Crippen molar-refractivity contribution < 1.29 is 9.72 Å². The van der Waals surface area contributed by atoms with Crippen molar-refractivity contribution in [3.63, 3.8) is 0 Å². The molecule has 20 heavy (non-hydrogen) atoms. The van der Waals surface area contributed by atoms with Crippen LogP contribution in [0.1, 0.15) is 44.0 Å². The van der Waals surface area contributed by atoms with Gasteiger partial charge in [-0.1, -0.05) is 19.9 Å². The first-order valence-corrected chi connectivity index (χ1v) is 6.66. The van der Waals surface area contributed by atoms with Crippen LogP contribution in [-0.2, 0) is 0 Å². The van der Waals surface area contributed by atoms with E-state index in [4.69, 9.17) is 0 Å². The number of para-hydroxylation sites is 1. The molecule has 1 amide bonds. The average Bonchev–Trinajstić information content (AvgIpc) is 2.45. The van der Waals surface area contributed by atoms with Crippen molar-refractivity contribution in [2.24, 2.45) is 0 Å². The van der Waals surface area contributed by atoms with Gasteiger partial charge in [0.15, 0.2) is 0 Å². The van der Waals surface area contributed by atoms with Crippen molar-refractivity contribution in [1.29, 1.82) is 0 Å². The Kier molecular flexibility index (Phi) is 5.07. The Hall–Kier alpha value is -2.11. The minimum Gasteiger partial charge on any atom is -0.383 e. The van der Waals surface area contributed by atoms with Crippen LogP contribution >= 0.6 is 0 Å². The molecule has 0 aliphatic rings. The highest BCUT2D eigenvalue weighted by Gasteiger charge is 2.28. The number of nitrogens with zero attached hydrogens (tertiary/aromatic N) is 1. The van der Waals surface area contributed by atoms with E-state index < -0.39 is 10.8 Å². The Morgan fingerprint density at radius 3 is 2.40 bits per heavy atom. The Labute approximate surface area is 118 Å². The Morgan fingerprint density at radius 2 is 1.95 bits per heavy atom. The number of amides is 1. The molecule has 0 aromatic heterocycles. The number of nitro benzene ring substituents is 1. The van der Waals surface area contributed by atoms with Gasteiger partial charge >= 0.3 is 5.69 Å². The molecule has 0 atom stereocenters. The maximum absolute atomic E-state index is 12.3. The Balaban J connectivity index is 3.20. The summed E-state index contributed by atoms with van der Waals surface area (Å²) in [5, 5.41) is 16.8. The van der Waals surface area contributed by atoms with E-state index in [1.807, 2.05) is 20.8 Å². The van der Waals surface area contributed by atoms with E-state index in [1.54, 1.807) is 19.2 Å². The van der Waals surface area contributed by atoms with Gasteiger partial charge in [0.1, 0.15) is 11.3 Å². The molecular formula is C14H21N3O3. The molecule has 0 heterocycles. The lowest BCUT2D eigenvalue weighted by molar-refractivity contribution is -0.384. The summed E-state index contributed by atoms with van der Waals surface area (Å²) in [6.45, 7) is 5.88. The van der Waals surface area contributed by atoms with E-state index in [2.05, 4.69) is 10.6 Å². The second kappa shape index (κ2) is 6.36. The molecule has 0 aliphatic carbocycles. The van der Waals surface area contributed by atoms with Gasteiger partial charge in [0.05, 0.1) is 4.92 Å². The summed E-state index contributed by atoms with van der Waals surface area (Å²) in [6, 6.07) is 4.68. The predicted molar refractivity (Wildman–Crippen MR) is 79.1 cm³/mol. The summed E-state index contributed by atoms with van der Waals surface area (Å²) < 4.78 is 0. The number of anilines is 1. The summed E-state index contributed by atoms with van der Waals surface area (Å²) in [7, 11) is 1.59. The zero-order chi connectivity index (χ0) is 15.3. The van der Waals surface area contributed by atoms with E-state index in [9.17, 15) is 14.9 Å². The van der Waals surface area contributed by atoms with Crippen molar-refractivity contribution in [2.75, 3.05) is 12.4 Å². The van der Waals surface area contributed by atoms with Crippen LogP contribution in [0.4, 0.5) is 11.4 Å². The maximum Gasteiger partial charge on any atom is 0.305 e. The standard InChI is InChI=1S/C14H21N3O3/c1-5-14(3,6-2)16-13(18)10-8-7-9-11(15-4)12(10)17(19)20/h7-9,15H,5-6H2,1-4H3,(H,16,18). The van der Waals surface area contributed by atoms with Crippen LogP contribution in [0.5, 0.6) is 0 Å². The molecule has 110 valence electrons. The molecule has 6 nitrogen and oxygen atoms in total. The lowest BCUT2D eigenvalue weighted by Gasteiger charge is -2.28. The van der Waals surface area contributed by atoms with E-state index >= 15 is 0 Å². The first kappa shape index (κ1) is 15.9. The van der Waals surface area contributed by atoms with E-state index in [0.29, 0.717) is 5.69 Å². The minimum atomic E-state index is -0.532. The topological polar surface area (TPSA) is 84.3 Å². The van der Waals surface area contributed by atoms with Crippen LogP contribution in [0.15, 0.2) is 18.2 Å². The van der Waals surface area contributed by atoms with Gasteiger partial charge in [-0.2, -0.15) is 0 Å². The van der Waals surface area contributed by atoms with E-state index in [0.717, 1.165) is 12.8 Å². The fraction of sp³-hybridized carbons (Fsp3) is 0.500.